The molecule has 0 radical (unpaired) electrons. The molecule has 0 fully saturated rings. The standard InChI is InChI=1S/C16H16FNO3/c1-2-21-15-8-7-12(9-14(15)17)18-10-11-5-3-4-6-13(11)16(19)20/h3-9,18H,2,10H2,1H3,(H,19,20). The number of anilines is 1. The molecule has 0 unspecified atom stereocenters. The molecular weight excluding hydrogens is 273 g/mol. The van der Waals surface area contributed by atoms with Crippen LogP contribution in [0.4, 0.5) is 10.1 Å². The number of aromatic carboxylic acids is 1. The summed E-state index contributed by atoms with van der Waals surface area (Å²) in [4.78, 5) is 11.1. The summed E-state index contributed by atoms with van der Waals surface area (Å²) in [6, 6.07) is 11.3. The van der Waals surface area contributed by atoms with E-state index in [1.54, 1.807) is 37.3 Å². The molecule has 2 aromatic rings. The molecule has 0 saturated carbocycles. The number of carboxylic acids is 1. The Kier molecular flexibility index (Phi) is 4.77. The highest BCUT2D eigenvalue weighted by Gasteiger charge is 2.09. The first-order valence-corrected chi connectivity index (χ1v) is 6.59. The van der Waals surface area contributed by atoms with E-state index in [4.69, 9.17) is 9.84 Å². The van der Waals surface area contributed by atoms with Gasteiger partial charge in [0, 0.05) is 18.3 Å². The first kappa shape index (κ1) is 14.8. The van der Waals surface area contributed by atoms with Gasteiger partial charge < -0.3 is 15.2 Å². The Morgan fingerprint density at radius 3 is 2.71 bits per heavy atom. The average molecular weight is 289 g/mol. The molecule has 0 aromatic heterocycles. The van der Waals surface area contributed by atoms with Gasteiger partial charge in [-0.2, -0.15) is 0 Å². The van der Waals surface area contributed by atoms with Gasteiger partial charge in [-0.25, -0.2) is 9.18 Å². The molecule has 110 valence electrons. The summed E-state index contributed by atoms with van der Waals surface area (Å²) >= 11 is 0. The smallest absolute Gasteiger partial charge is 0.336 e. The van der Waals surface area contributed by atoms with E-state index < -0.39 is 11.8 Å². The normalized spacial score (nSPS) is 10.2. The van der Waals surface area contributed by atoms with Gasteiger partial charge in [-0.3, -0.25) is 0 Å². The molecule has 0 aliphatic heterocycles. The van der Waals surface area contributed by atoms with Crippen LogP contribution in [-0.2, 0) is 6.54 Å². The fourth-order valence-electron chi connectivity index (χ4n) is 1.96. The van der Waals surface area contributed by atoms with Crippen molar-refractivity contribution in [3.8, 4) is 5.75 Å². The first-order chi connectivity index (χ1) is 10.1. The predicted molar refractivity (Wildman–Crippen MR) is 78.3 cm³/mol. The van der Waals surface area contributed by atoms with E-state index in [0.717, 1.165) is 0 Å². The van der Waals surface area contributed by atoms with Crippen molar-refractivity contribution < 1.29 is 19.0 Å². The van der Waals surface area contributed by atoms with E-state index >= 15 is 0 Å². The number of benzene rings is 2. The van der Waals surface area contributed by atoms with Crippen molar-refractivity contribution in [1.82, 2.24) is 0 Å². The molecule has 0 aliphatic carbocycles. The van der Waals surface area contributed by atoms with Crippen LogP contribution in [0.1, 0.15) is 22.8 Å². The molecule has 5 heteroatoms. The Bertz CT molecular complexity index is 643. The minimum Gasteiger partial charge on any atom is -0.491 e. The maximum atomic E-state index is 13.7. The number of nitrogens with one attached hydrogen (secondary N) is 1. The molecule has 0 atom stereocenters. The summed E-state index contributed by atoms with van der Waals surface area (Å²) in [5, 5.41) is 12.1. The third-order valence-electron chi connectivity index (χ3n) is 2.96. The van der Waals surface area contributed by atoms with Crippen molar-refractivity contribution in [2.45, 2.75) is 13.5 Å². The second-order valence-electron chi connectivity index (χ2n) is 4.39. The molecule has 4 nitrogen and oxygen atoms in total. The van der Waals surface area contributed by atoms with Crippen molar-refractivity contribution in [2.24, 2.45) is 0 Å². The van der Waals surface area contributed by atoms with Crippen LogP contribution in [0, 0.1) is 5.82 Å². The van der Waals surface area contributed by atoms with Crippen molar-refractivity contribution >= 4 is 11.7 Å². The van der Waals surface area contributed by atoms with E-state index in [0.29, 0.717) is 24.4 Å². The highest BCUT2D eigenvalue weighted by atomic mass is 19.1. The molecule has 21 heavy (non-hydrogen) atoms. The zero-order valence-corrected chi connectivity index (χ0v) is 11.6. The second-order valence-corrected chi connectivity index (χ2v) is 4.39. The number of rotatable bonds is 6. The SMILES string of the molecule is CCOc1ccc(NCc2ccccc2C(=O)O)cc1F. The van der Waals surface area contributed by atoms with Crippen LogP contribution in [0.3, 0.4) is 0 Å². The van der Waals surface area contributed by atoms with Crippen LogP contribution in [0.2, 0.25) is 0 Å². The lowest BCUT2D eigenvalue weighted by atomic mass is 10.1. The molecule has 2 aromatic carbocycles. The van der Waals surface area contributed by atoms with Gasteiger partial charge in [0.05, 0.1) is 12.2 Å². The predicted octanol–water partition coefficient (Wildman–Crippen LogP) is 3.53. The third-order valence-corrected chi connectivity index (χ3v) is 2.96. The molecule has 0 amide bonds. The average Bonchev–Trinajstić information content (AvgIpc) is 2.48. The Hall–Kier alpha value is -2.56. The highest BCUT2D eigenvalue weighted by molar-refractivity contribution is 5.89. The van der Waals surface area contributed by atoms with E-state index in [-0.39, 0.29) is 11.3 Å². The fourth-order valence-corrected chi connectivity index (χ4v) is 1.96. The van der Waals surface area contributed by atoms with Gasteiger partial charge in [-0.15, -0.1) is 0 Å². The lowest BCUT2D eigenvalue weighted by Gasteiger charge is -2.10. The van der Waals surface area contributed by atoms with Gasteiger partial charge in [-0.05, 0) is 30.7 Å². The summed E-state index contributed by atoms with van der Waals surface area (Å²) in [6.45, 7) is 2.49. The Morgan fingerprint density at radius 2 is 2.05 bits per heavy atom. The summed E-state index contributed by atoms with van der Waals surface area (Å²) in [7, 11) is 0. The van der Waals surface area contributed by atoms with Crippen LogP contribution >= 0.6 is 0 Å². The van der Waals surface area contributed by atoms with E-state index in [1.165, 1.54) is 12.1 Å². The number of ether oxygens (including phenoxy) is 1. The number of hydrogen-bond acceptors (Lipinski definition) is 3. The Labute approximate surface area is 122 Å². The monoisotopic (exact) mass is 289 g/mol. The Morgan fingerprint density at radius 1 is 1.29 bits per heavy atom. The summed E-state index contributed by atoms with van der Waals surface area (Å²) < 4.78 is 18.8. The Balaban J connectivity index is 2.10. The molecule has 2 N–H and O–H groups in total. The molecule has 0 bridgehead atoms. The zero-order valence-electron chi connectivity index (χ0n) is 11.6. The number of halogens is 1. The molecular formula is C16H16FNO3. The highest BCUT2D eigenvalue weighted by Crippen LogP contribution is 2.22. The largest absolute Gasteiger partial charge is 0.491 e. The maximum absolute atomic E-state index is 13.7. The number of carbonyl (C=O) groups is 1. The van der Waals surface area contributed by atoms with Crippen LogP contribution < -0.4 is 10.1 Å². The molecule has 2 rings (SSSR count). The van der Waals surface area contributed by atoms with Gasteiger partial charge in [-0.1, -0.05) is 18.2 Å². The van der Waals surface area contributed by atoms with Crippen molar-refractivity contribution in [1.29, 1.82) is 0 Å². The number of hydrogen-bond donors (Lipinski definition) is 2. The quantitative estimate of drug-likeness (QED) is 0.854. The second kappa shape index (κ2) is 6.74. The molecule has 0 spiro atoms. The minimum absolute atomic E-state index is 0.203. The van der Waals surface area contributed by atoms with E-state index in [2.05, 4.69) is 5.32 Å². The van der Waals surface area contributed by atoms with Gasteiger partial charge in [0.15, 0.2) is 11.6 Å². The van der Waals surface area contributed by atoms with Crippen LogP contribution in [-0.4, -0.2) is 17.7 Å². The summed E-state index contributed by atoms with van der Waals surface area (Å²) in [6.07, 6.45) is 0. The molecule has 0 aliphatic rings. The van der Waals surface area contributed by atoms with Crippen LogP contribution in [0.25, 0.3) is 0 Å². The van der Waals surface area contributed by atoms with Crippen LogP contribution in [0.15, 0.2) is 42.5 Å². The van der Waals surface area contributed by atoms with Crippen molar-refractivity contribution in [3.63, 3.8) is 0 Å². The van der Waals surface area contributed by atoms with Gasteiger partial charge in [0.2, 0.25) is 0 Å². The number of carboxylic acid groups (broad SMARTS) is 1. The lowest BCUT2D eigenvalue weighted by Crippen LogP contribution is -2.07. The van der Waals surface area contributed by atoms with Crippen LogP contribution in [0.5, 0.6) is 5.75 Å². The summed E-state index contributed by atoms with van der Waals surface area (Å²) in [5.41, 5.74) is 1.44. The van der Waals surface area contributed by atoms with Crippen molar-refractivity contribution in [3.05, 3.63) is 59.4 Å². The van der Waals surface area contributed by atoms with E-state index in [9.17, 15) is 9.18 Å². The van der Waals surface area contributed by atoms with Gasteiger partial charge in [0.25, 0.3) is 0 Å². The van der Waals surface area contributed by atoms with Gasteiger partial charge >= 0.3 is 5.97 Å². The maximum Gasteiger partial charge on any atom is 0.336 e. The molecule has 0 saturated heterocycles. The topological polar surface area (TPSA) is 58.6 Å². The lowest BCUT2D eigenvalue weighted by molar-refractivity contribution is 0.0696. The third kappa shape index (κ3) is 3.72. The van der Waals surface area contributed by atoms with E-state index in [1.807, 2.05) is 0 Å². The first-order valence-electron chi connectivity index (χ1n) is 6.59. The minimum atomic E-state index is -0.981. The summed E-state index contributed by atoms with van der Waals surface area (Å²) in [5.74, 6) is -1.23. The zero-order chi connectivity index (χ0) is 15.2. The van der Waals surface area contributed by atoms with Gasteiger partial charge in [0.1, 0.15) is 0 Å². The van der Waals surface area contributed by atoms with Crippen molar-refractivity contribution in [2.75, 3.05) is 11.9 Å². The fraction of sp³-hybridized carbons (Fsp3) is 0.188. The molecule has 0 heterocycles.